The van der Waals surface area contributed by atoms with Gasteiger partial charge in [-0.1, -0.05) is 92.2 Å². The Labute approximate surface area is 216 Å². The normalized spacial score (nSPS) is 11.1. The SMILES string of the molecule is CCCCc1nc(CCc2ccccc2)[nH]c(=O)c1Cc1ccc(-c2ccccc2-c2nn[nH]n2)cc1. The molecule has 5 rings (SSSR count). The number of hydrogen-bond donors (Lipinski definition) is 2. The van der Waals surface area contributed by atoms with Crippen LogP contribution in [0.2, 0.25) is 0 Å². The van der Waals surface area contributed by atoms with Crippen LogP contribution in [0.4, 0.5) is 0 Å². The first kappa shape index (κ1) is 24.3. The van der Waals surface area contributed by atoms with E-state index in [0.717, 1.165) is 65.0 Å². The van der Waals surface area contributed by atoms with Crippen molar-refractivity contribution in [2.75, 3.05) is 0 Å². The van der Waals surface area contributed by atoms with Gasteiger partial charge >= 0.3 is 0 Å². The van der Waals surface area contributed by atoms with Crippen LogP contribution in [-0.4, -0.2) is 30.6 Å². The molecule has 0 bridgehead atoms. The molecule has 0 atom stereocenters. The van der Waals surface area contributed by atoms with Crippen LogP contribution in [0.5, 0.6) is 0 Å². The number of nitrogens with one attached hydrogen (secondary N) is 2. The molecule has 0 unspecified atom stereocenters. The van der Waals surface area contributed by atoms with Gasteiger partial charge in [-0.3, -0.25) is 4.79 Å². The van der Waals surface area contributed by atoms with E-state index in [2.05, 4.69) is 68.9 Å². The maximum absolute atomic E-state index is 13.2. The molecule has 5 aromatic rings. The number of aromatic nitrogens is 6. The summed E-state index contributed by atoms with van der Waals surface area (Å²) in [7, 11) is 0. The third-order valence-corrected chi connectivity index (χ3v) is 6.57. The molecule has 2 N–H and O–H groups in total. The molecule has 0 saturated carbocycles. The molecular weight excluding hydrogens is 460 g/mol. The van der Waals surface area contributed by atoms with Crippen molar-refractivity contribution in [1.29, 1.82) is 0 Å². The molecular formula is C30H30N6O. The number of H-pyrrole nitrogens is 2. The average Bonchev–Trinajstić information content (AvgIpc) is 3.48. The van der Waals surface area contributed by atoms with Crippen molar-refractivity contribution in [3.63, 3.8) is 0 Å². The van der Waals surface area contributed by atoms with Crippen LogP contribution in [0.1, 0.15) is 48.0 Å². The Morgan fingerprint density at radius 1 is 0.784 bits per heavy atom. The Morgan fingerprint density at radius 2 is 1.54 bits per heavy atom. The van der Waals surface area contributed by atoms with Gasteiger partial charge in [-0.05, 0) is 46.7 Å². The van der Waals surface area contributed by atoms with Crippen molar-refractivity contribution in [2.45, 2.75) is 45.4 Å². The van der Waals surface area contributed by atoms with E-state index in [-0.39, 0.29) is 5.56 Å². The molecule has 186 valence electrons. The van der Waals surface area contributed by atoms with E-state index in [0.29, 0.717) is 18.7 Å². The van der Waals surface area contributed by atoms with Crippen molar-refractivity contribution in [3.05, 3.63) is 117 Å². The number of aromatic amines is 2. The zero-order valence-corrected chi connectivity index (χ0v) is 20.9. The van der Waals surface area contributed by atoms with Gasteiger partial charge in [0.25, 0.3) is 5.56 Å². The van der Waals surface area contributed by atoms with Gasteiger partial charge in [0.1, 0.15) is 5.82 Å². The van der Waals surface area contributed by atoms with Crippen LogP contribution in [0.25, 0.3) is 22.5 Å². The lowest BCUT2D eigenvalue weighted by Crippen LogP contribution is -2.21. The third kappa shape index (κ3) is 5.89. The monoisotopic (exact) mass is 490 g/mol. The van der Waals surface area contributed by atoms with Crippen LogP contribution in [0.15, 0.2) is 83.7 Å². The van der Waals surface area contributed by atoms with Crippen LogP contribution in [0.3, 0.4) is 0 Å². The summed E-state index contributed by atoms with van der Waals surface area (Å²) in [6.07, 6.45) is 4.99. The minimum Gasteiger partial charge on any atom is -0.310 e. The molecule has 0 radical (unpaired) electrons. The maximum atomic E-state index is 13.2. The highest BCUT2D eigenvalue weighted by atomic mass is 16.1. The van der Waals surface area contributed by atoms with Gasteiger partial charge in [0.05, 0.1) is 5.69 Å². The van der Waals surface area contributed by atoms with Crippen molar-refractivity contribution < 1.29 is 0 Å². The van der Waals surface area contributed by atoms with Crippen molar-refractivity contribution in [2.24, 2.45) is 0 Å². The van der Waals surface area contributed by atoms with Crippen LogP contribution >= 0.6 is 0 Å². The summed E-state index contributed by atoms with van der Waals surface area (Å²) in [5, 5.41) is 14.5. The molecule has 2 aromatic heterocycles. The Balaban J connectivity index is 1.38. The average molecular weight is 491 g/mol. The Morgan fingerprint density at radius 3 is 2.27 bits per heavy atom. The standard InChI is InChI=1S/C30H30N6O/c1-2-3-13-27-26(30(37)32-28(31-27)19-16-21-9-5-4-6-10-21)20-22-14-17-23(18-15-22)24-11-7-8-12-25(24)29-33-35-36-34-29/h4-12,14-15,17-18H,2-3,13,16,19-20H2,1H3,(H,31,32,37)(H,33,34,35,36). The first-order valence-electron chi connectivity index (χ1n) is 12.8. The van der Waals surface area contributed by atoms with Gasteiger partial charge in [-0.25, -0.2) is 4.98 Å². The van der Waals surface area contributed by atoms with E-state index in [1.807, 2.05) is 42.5 Å². The number of unbranched alkanes of at least 4 members (excludes halogenated alkanes) is 1. The second kappa shape index (κ2) is 11.6. The summed E-state index contributed by atoms with van der Waals surface area (Å²) in [4.78, 5) is 21.1. The molecule has 7 heteroatoms. The van der Waals surface area contributed by atoms with Gasteiger partial charge in [0.2, 0.25) is 5.82 Å². The zero-order valence-electron chi connectivity index (χ0n) is 20.9. The largest absolute Gasteiger partial charge is 0.310 e. The van der Waals surface area contributed by atoms with Gasteiger partial charge in [-0.15, -0.1) is 10.2 Å². The fourth-order valence-electron chi connectivity index (χ4n) is 4.57. The predicted octanol–water partition coefficient (Wildman–Crippen LogP) is 5.34. The fraction of sp³-hybridized carbons (Fsp3) is 0.233. The predicted molar refractivity (Wildman–Crippen MR) is 145 cm³/mol. The minimum atomic E-state index is -0.0318. The lowest BCUT2D eigenvalue weighted by Gasteiger charge is -2.12. The first-order chi connectivity index (χ1) is 18.2. The molecule has 0 fully saturated rings. The van der Waals surface area contributed by atoms with E-state index in [9.17, 15) is 4.79 Å². The summed E-state index contributed by atoms with van der Waals surface area (Å²) in [5.41, 5.74) is 6.96. The second-order valence-corrected chi connectivity index (χ2v) is 9.18. The van der Waals surface area contributed by atoms with Crippen LogP contribution < -0.4 is 5.56 Å². The topological polar surface area (TPSA) is 100 Å². The molecule has 2 heterocycles. The van der Waals surface area contributed by atoms with E-state index >= 15 is 0 Å². The number of rotatable bonds is 10. The molecule has 0 aliphatic carbocycles. The van der Waals surface area contributed by atoms with Gasteiger partial charge in [-0.2, -0.15) is 5.21 Å². The number of nitrogens with zero attached hydrogens (tertiary/aromatic N) is 4. The zero-order chi connectivity index (χ0) is 25.5. The summed E-state index contributed by atoms with van der Waals surface area (Å²) in [6.45, 7) is 2.16. The summed E-state index contributed by atoms with van der Waals surface area (Å²) < 4.78 is 0. The molecule has 0 saturated heterocycles. The van der Waals surface area contributed by atoms with E-state index in [1.54, 1.807) is 0 Å². The van der Waals surface area contributed by atoms with E-state index in [1.165, 1.54) is 5.56 Å². The Bertz CT molecular complexity index is 1490. The van der Waals surface area contributed by atoms with E-state index < -0.39 is 0 Å². The highest BCUT2D eigenvalue weighted by molar-refractivity contribution is 5.80. The van der Waals surface area contributed by atoms with Crippen molar-refractivity contribution >= 4 is 0 Å². The lowest BCUT2D eigenvalue weighted by atomic mass is 9.96. The second-order valence-electron chi connectivity index (χ2n) is 9.18. The summed E-state index contributed by atoms with van der Waals surface area (Å²) >= 11 is 0. The molecule has 7 nitrogen and oxygen atoms in total. The summed E-state index contributed by atoms with van der Waals surface area (Å²) in [6, 6.07) is 26.6. The van der Waals surface area contributed by atoms with Gasteiger partial charge < -0.3 is 4.98 Å². The third-order valence-electron chi connectivity index (χ3n) is 6.57. The number of tetrazole rings is 1. The van der Waals surface area contributed by atoms with Crippen LogP contribution in [0, 0.1) is 0 Å². The van der Waals surface area contributed by atoms with Crippen molar-refractivity contribution in [3.8, 4) is 22.5 Å². The highest BCUT2D eigenvalue weighted by Crippen LogP contribution is 2.30. The van der Waals surface area contributed by atoms with Gasteiger partial charge in [0.15, 0.2) is 0 Å². The molecule has 0 aliphatic rings. The number of aryl methyl sites for hydroxylation is 3. The lowest BCUT2D eigenvalue weighted by molar-refractivity contribution is 0.736. The molecule has 0 spiro atoms. The number of benzene rings is 3. The minimum absolute atomic E-state index is 0.0318. The van der Waals surface area contributed by atoms with E-state index in [4.69, 9.17) is 4.98 Å². The highest BCUT2D eigenvalue weighted by Gasteiger charge is 2.14. The Hall–Kier alpha value is -4.39. The summed E-state index contributed by atoms with van der Waals surface area (Å²) in [5.74, 6) is 1.32. The Kier molecular flexibility index (Phi) is 7.60. The number of hydrogen-bond acceptors (Lipinski definition) is 5. The smallest absolute Gasteiger partial charge is 0.254 e. The first-order valence-corrected chi connectivity index (χ1v) is 12.8. The van der Waals surface area contributed by atoms with Crippen molar-refractivity contribution in [1.82, 2.24) is 30.6 Å². The molecule has 0 aliphatic heterocycles. The molecule has 3 aromatic carbocycles. The molecule has 37 heavy (non-hydrogen) atoms. The molecule has 0 amide bonds. The quantitative estimate of drug-likeness (QED) is 0.275. The maximum Gasteiger partial charge on any atom is 0.254 e. The fourth-order valence-corrected chi connectivity index (χ4v) is 4.57. The van der Waals surface area contributed by atoms with Crippen LogP contribution in [-0.2, 0) is 25.7 Å². The van der Waals surface area contributed by atoms with Gasteiger partial charge in [0, 0.05) is 24.0 Å².